The third-order valence-electron chi connectivity index (χ3n) is 3.32. The number of nitrogens with one attached hydrogen (secondary N) is 1. The molecule has 4 heteroatoms. The molecule has 1 N–H and O–H groups in total. The number of hydrogen-bond acceptors (Lipinski definition) is 3. The molecule has 0 heterocycles. The Kier molecular flexibility index (Phi) is 4.39. The first-order valence-electron chi connectivity index (χ1n) is 5.69. The Balaban J connectivity index is 2.42. The Bertz CT molecular complexity index is 211. The largest absolute Gasteiger partial charge is 0.450 e. The zero-order chi connectivity index (χ0) is 11.3. The Morgan fingerprint density at radius 3 is 2.47 bits per heavy atom. The van der Waals surface area contributed by atoms with Crippen molar-refractivity contribution in [3.05, 3.63) is 0 Å². The monoisotopic (exact) mass is 214 g/mol. The number of carbonyl (C=O) groups is 1. The van der Waals surface area contributed by atoms with Crippen LogP contribution in [0, 0.1) is 0 Å². The molecule has 1 fully saturated rings. The second-order valence-electron chi connectivity index (χ2n) is 4.40. The fourth-order valence-corrected chi connectivity index (χ4v) is 2.23. The van der Waals surface area contributed by atoms with Gasteiger partial charge in [0.25, 0.3) is 0 Å². The molecule has 0 aliphatic heterocycles. The van der Waals surface area contributed by atoms with E-state index in [9.17, 15) is 4.79 Å². The first-order valence-corrected chi connectivity index (χ1v) is 5.69. The van der Waals surface area contributed by atoms with E-state index in [0.717, 1.165) is 12.8 Å². The van der Waals surface area contributed by atoms with Crippen molar-refractivity contribution >= 4 is 6.09 Å². The third-order valence-corrected chi connectivity index (χ3v) is 3.32. The molecule has 1 aliphatic rings. The van der Waals surface area contributed by atoms with Gasteiger partial charge in [0.05, 0.1) is 6.61 Å². The van der Waals surface area contributed by atoms with Gasteiger partial charge in [0, 0.05) is 12.1 Å². The minimum Gasteiger partial charge on any atom is -0.450 e. The van der Waals surface area contributed by atoms with E-state index in [4.69, 9.17) is 4.74 Å². The molecule has 0 aromatic heterocycles. The van der Waals surface area contributed by atoms with Crippen LogP contribution in [0.25, 0.3) is 0 Å². The smallest absolute Gasteiger partial charge is 0.407 e. The van der Waals surface area contributed by atoms with Crippen LogP contribution in [-0.2, 0) is 4.74 Å². The Morgan fingerprint density at radius 1 is 1.40 bits per heavy atom. The van der Waals surface area contributed by atoms with Crippen molar-refractivity contribution in [1.82, 2.24) is 10.2 Å². The highest BCUT2D eigenvalue weighted by Crippen LogP contribution is 2.32. The highest BCUT2D eigenvalue weighted by Gasteiger charge is 2.36. The van der Waals surface area contributed by atoms with Crippen molar-refractivity contribution < 1.29 is 9.53 Å². The fraction of sp³-hybridized carbons (Fsp3) is 0.909. The molecule has 4 nitrogen and oxygen atoms in total. The number of amides is 1. The molecule has 1 rings (SSSR count). The molecule has 0 aromatic carbocycles. The zero-order valence-corrected chi connectivity index (χ0v) is 10.0. The summed E-state index contributed by atoms with van der Waals surface area (Å²) < 4.78 is 4.86. The molecule has 88 valence electrons. The van der Waals surface area contributed by atoms with Crippen molar-refractivity contribution in [2.75, 3.05) is 27.2 Å². The minimum absolute atomic E-state index is 0.146. The predicted octanol–water partition coefficient (Wildman–Crippen LogP) is 1.61. The van der Waals surface area contributed by atoms with E-state index in [1.165, 1.54) is 12.8 Å². The number of carbonyl (C=O) groups excluding carboxylic acids is 1. The van der Waals surface area contributed by atoms with Crippen LogP contribution in [0.5, 0.6) is 0 Å². The quantitative estimate of drug-likeness (QED) is 0.773. The summed E-state index contributed by atoms with van der Waals surface area (Å²) in [5.74, 6) is 0. The first kappa shape index (κ1) is 12.3. The van der Waals surface area contributed by atoms with Crippen molar-refractivity contribution in [3.8, 4) is 0 Å². The van der Waals surface area contributed by atoms with E-state index in [1.807, 2.05) is 6.92 Å². The molecular formula is C11H22N2O2. The average molecular weight is 214 g/mol. The lowest BCUT2D eigenvalue weighted by molar-refractivity contribution is 0.127. The summed E-state index contributed by atoms with van der Waals surface area (Å²) in [5, 5.41) is 2.84. The third kappa shape index (κ3) is 3.09. The number of likely N-dealkylation sites (N-methyl/N-ethyl adjacent to an activating group) is 1. The maximum absolute atomic E-state index is 11.2. The SMILES string of the molecule is CCOC(=O)NCC1(N(C)C)CCCC1. The highest BCUT2D eigenvalue weighted by atomic mass is 16.5. The molecule has 0 spiro atoms. The number of hydrogen-bond donors (Lipinski definition) is 1. The maximum Gasteiger partial charge on any atom is 0.407 e. The number of rotatable bonds is 4. The van der Waals surface area contributed by atoms with Crippen molar-refractivity contribution in [2.24, 2.45) is 0 Å². The van der Waals surface area contributed by atoms with Gasteiger partial charge in [0.2, 0.25) is 0 Å². The fourth-order valence-electron chi connectivity index (χ4n) is 2.23. The molecule has 0 radical (unpaired) electrons. The van der Waals surface area contributed by atoms with Crippen molar-refractivity contribution in [3.63, 3.8) is 0 Å². The lowest BCUT2D eigenvalue weighted by Gasteiger charge is -2.36. The van der Waals surface area contributed by atoms with Gasteiger partial charge in [0.1, 0.15) is 0 Å². The number of nitrogens with zero attached hydrogens (tertiary/aromatic N) is 1. The summed E-state index contributed by atoms with van der Waals surface area (Å²) >= 11 is 0. The summed E-state index contributed by atoms with van der Waals surface area (Å²) in [7, 11) is 4.16. The summed E-state index contributed by atoms with van der Waals surface area (Å²) in [6, 6.07) is 0. The van der Waals surface area contributed by atoms with Gasteiger partial charge < -0.3 is 15.0 Å². The van der Waals surface area contributed by atoms with Crippen LogP contribution in [0.2, 0.25) is 0 Å². The summed E-state index contributed by atoms with van der Waals surface area (Å²) in [6.45, 7) is 2.94. The number of ether oxygens (including phenoxy) is 1. The van der Waals surface area contributed by atoms with E-state index in [-0.39, 0.29) is 11.6 Å². The highest BCUT2D eigenvalue weighted by molar-refractivity contribution is 5.67. The second kappa shape index (κ2) is 5.35. The van der Waals surface area contributed by atoms with Crippen LogP contribution in [0.4, 0.5) is 4.79 Å². The number of alkyl carbamates (subject to hydrolysis) is 1. The van der Waals surface area contributed by atoms with Crippen LogP contribution >= 0.6 is 0 Å². The van der Waals surface area contributed by atoms with E-state index in [2.05, 4.69) is 24.3 Å². The Hall–Kier alpha value is -0.770. The summed E-state index contributed by atoms with van der Waals surface area (Å²) in [4.78, 5) is 13.4. The molecule has 0 unspecified atom stereocenters. The maximum atomic E-state index is 11.2. The molecule has 1 saturated carbocycles. The van der Waals surface area contributed by atoms with Gasteiger partial charge >= 0.3 is 6.09 Å². The van der Waals surface area contributed by atoms with Crippen LogP contribution in [0.3, 0.4) is 0 Å². The van der Waals surface area contributed by atoms with Gasteiger partial charge in [0.15, 0.2) is 0 Å². The molecule has 15 heavy (non-hydrogen) atoms. The molecule has 1 aliphatic carbocycles. The second-order valence-corrected chi connectivity index (χ2v) is 4.40. The van der Waals surface area contributed by atoms with E-state index >= 15 is 0 Å². The van der Waals surface area contributed by atoms with Crippen LogP contribution in [-0.4, -0.2) is 43.8 Å². The van der Waals surface area contributed by atoms with Crippen LogP contribution < -0.4 is 5.32 Å². The van der Waals surface area contributed by atoms with Crippen molar-refractivity contribution in [2.45, 2.75) is 38.1 Å². The predicted molar refractivity (Wildman–Crippen MR) is 59.9 cm³/mol. The van der Waals surface area contributed by atoms with Gasteiger partial charge in [-0.2, -0.15) is 0 Å². The van der Waals surface area contributed by atoms with Crippen LogP contribution in [0.1, 0.15) is 32.6 Å². The summed E-state index contributed by atoms with van der Waals surface area (Å²) in [6.07, 6.45) is 4.52. The Labute approximate surface area is 92.0 Å². The van der Waals surface area contributed by atoms with Gasteiger partial charge in [-0.05, 0) is 33.9 Å². The zero-order valence-electron chi connectivity index (χ0n) is 10.0. The minimum atomic E-state index is -0.300. The van der Waals surface area contributed by atoms with E-state index in [1.54, 1.807) is 0 Å². The molecule has 0 saturated heterocycles. The standard InChI is InChI=1S/C11H22N2O2/c1-4-15-10(14)12-9-11(13(2)3)7-5-6-8-11/h4-9H2,1-3H3,(H,12,14). The molecule has 0 aromatic rings. The van der Waals surface area contributed by atoms with Gasteiger partial charge in [-0.3, -0.25) is 0 Å². The first-order chi connectivity index (χ1) is 7.10. The lowest BCUT2D eigenvalue weighted by Crippen LogP contribution is -2.50. The molecule has 1 amide bonds. The topological polar surface area (TPSA) is 41.6 Å². The molecular weight excluding hydrogens is 192 g/mol. The Morgan fingerprint density at radius 2 is 2.00 bits per heavy atom. The molecule has 0 atom stereocenters. The average Bonchev–Trinajstić information content (AvgIpc) is 2.65. The molecule has 0 bridgehead atoms. The summed E-state index contributed by atoms with van der Waals surface area (Å²) in [5.41, 5.74) is 0.146. The van der Waals surface area contributed by atoms with Gasteiger partial charge in [-0.25, -0.2) is 4.79 Å². The van der Waals surface area contributed by atoms with E-state index < -0.39 is 0 Å². The van der Waals surface area contributed by atoms with Gasteiger partial charge in [-0.1, -0.05) is 12.8 Å². The normalized spacial score (nSPS) is 19.2. The van der Waals surface area contributed by atoms with Gasteiger partial charge in [-0.15, -0.1) is 0 Å². The van der Waals surface area contributed by atoms with Crippen LogP contribution in [0.15, 0.2) is 0 Å². The lowest BCUT2D eigenvalue weighted by atomic mass is 9.96. The van der Waals surface area contributed by atoms with E-state index in [0.29, 0.717) is 13.2 Å². The van der Waals surface area contributed by atoms with Crippen molar-refractivity contribution in [1.29, 1.82) is 0 Å².